The van der Waals surface area contributed by atoms with Crippen molar-refractivity contribution in [3.63, 3.8) is 0 Å². The molecule has 1 aliphatic heterocycles. The molecule has 3 fully saturated rings. The molecule has 2 heterocycles. The monoisotopic (exact) mass is 614 g/mol. The number of carbonyl (C=O) groups is 3. The number of fused-ring (bicyclic) bond motifs is 1. The third kappa shape index (κ3) is 6.47. The number of benzene rings is 1. The Balaban J connectivity index is 1.45. The summed E-state index contributed by atoms with van der Waals surface area (Å²) in [6, 6.07) is 9.50. The first kappa shape index (κ1) is 28.1. The van der Waals surface area contributed by atoms with Crippen LogP contribution in [-0.4, -0.2) is 54.0 Å². The Kier molecular flexibility index (Phi) is 8.31. The molecule has 0 spiro atoms. The highest BCUT2D eigenvalue weighted by atomic mass is 79.9. The number of rotatable bonds is 8. The van der Waals surface area contributed by atoms with Crippen LogP contribution in [0.5, 0.6) is 5.75 Å². The van der Waals surface area contributed by atoms with Crippen molar-refractivity contribution in [3.05, 3.63) is 56.7 Å². The largest absolute Gasteiger partial charge is 0.457 e. The molecule has 2 aliphatic carbocycles. The number of nitrogens with one attached hydrogen (secondary N) is 1. The summed E-state index contributed by atoms with van der Waals surface area (Å²) < 4.78 is 12.8. The van der Waals surface area contributed by atoms with Crippen molar-refractivity contribution in [2.24, 2.45) is 5.92 Å². The van der Waals surface area contributed by atoms with Crippen LogP contribution in [0.1, 0.15) is 62.8 Å². The first-order valence-electron chi connectivity index (χ1n) is 13.6. The zero-order chi connectivity index (χ0) is 27.6. The molecule has 1 N–H and O–H groups in total. The zero-order valence-electron chi connectivity index (χ0n) is 22.4. The van der Waals surface area contributed by atoms with Crippen molar-refractivity contribution < 1.29 is 23.9 Å². The van der Waals surface area contributed by atoms with Gasteiger partial charge < -0.3 is 14.8 Å². The van der Waals surface area contributed by atoms with Gasteiger partial charge in [-0.25, -0.2) is 0 Å². The Labute approximate surface area is 242 Å². The van der Waals surface area contributed by atoms with Crippen molar-refractivity contribution in [1.29, 1.82) is 0 Å². The van der Waals surface area contributed by atoms with E-state index in [1.54, 1.807) is 23.5 Å². The first-order valence-corrected chi connectivity index (χ1v) is 15.3. The smallest absolute Gasteiger partial charge is 0.308 e. The lowest BCUT2D eigenvalue weighted by atomic mass is 9.55. The number of nitrogens with zero attached hydrogens (tertiary/aromatic N) is 1. The average molecular weight is 616 g/mol. The van der Waals surface area contributed by atoms with Gasteiger partial charge in [0.1, 0.15) is 11.4 Å². The molecule has 1 aromatic heterocycles. The van der Waals surface area contributed by atoms with Gasteiger partial charge in [0.25, 0.3) is 0 Å². The fraction of sp³-hybridized carbons (Fsp3) is 0.500. The van der Waals surface area contributed by atoms with Crippen LogP contribution >= 0.6 is 27.3 Å². The predicted molar refractivity (Wildman–Crippen MR) is 155 cm³/mol. The standard InChI is InChI=1S/C30H35BrN2O5S/c1-20(34)37-26-5-3-4-23(14-26)29-12-13-33(17-22-6-7-22)19-30(29,38-21(2)35)11-10-25(16-29)32-28(36)9-8-27-15-24(31)18-39-27/h3-5,8-9,14-15,18,22,25H,6-7,10-13,16-17,19H2,1-2H3,(H,32,36)/t25-,29-,30-/m0/s1. The Morgan fingerprint density at radius 1 is 1.15 bits per heavy atom. The second-order valence-corrected chi connectivity index (χ2v) is 13.0. The Hall–Kier alpha value is -2.49. The van der Waals surface area contributed by atoms with Gasteiger partial charge in [-0.1, -0.05) is 12.1 Å². The summed E-state index contributed by atoms with van der Waals surface area (Å²) in [5.74, 6) is 0.387. The molecular formula is C30H35BrN2O5S. The Morgan fingerprint density at radius 3 is 2.67 bits per heavy atom. The molecule has 9 heteroatoms. The van der Waals surface area contributed by atoms with Gasteiger partial charge in [-0.05, 0) is 96.8 Å². The number of halogens is 1. The molecule has 3 atom stereocenters. The molecule has 7 nitrogen and oxygen atoms in total. The molecule has 1 amide bonds. The molecule has 208 valence electrons. The summed E-state index contributed by atoms with van der Waals surface area (Å²) in [6.45, 7) is 5.44. The van der Waals surface area contributed by atoms with Gasteiger partial charge >= 0.3 is 11.9 Å². The summed E-state index contributed by atoms with van der Waals surface area (Å²) in [5.41, 5.74) is -0.291. The minimum atomic E-state index is -0.735. The molecule has 2 aromatic rings. The van der Waals surface area contributed by atoms with Gasteiger partial charge in [-0.3, -0.25) is 19.3 Å². The highest BCUT2D eigenvalue weighted by Crippen LogP contribution is 2.54. The van der Waals surface area contributed by atoms with E-state index in [0.717, 1.165) is 40.3 Å². The Morgan fingerprint density at radius 2 is 1.97 bits per heavy atom. The number of carbonyl (C=O) groups excluding carboxylic acids is 3. The van der Waals surface area contributed by atoms with Crippen molar-refractivity contribution in [2.45, 2.75) is 69.4 Å². The van der Waals surface area contributed by atoms with Gasteiger partial charge in [-0.15, -0.1) is 11.3 Å². The molecular weight excluding hydrogens is 580 g/mol. The van der Waals surface area contributed by atoms with Crippen LogP contribution in [0.25, 0.3) is 6.08 Å². The third-order valence-electron chi connectivity index (χ3n) is 8.23. The first-order chi connectivity index (χ1) is 18.7. The van der Waals surface area contributed by atoms with Gasteiger partial charge in [0.2, 0.25) is 5.91 Å². The highest BCUT2D eigenvalue weighted by molar-refractivity contribution is 9.10. The molecule has 3 aliphatic rings. The number of amides is 1. The molecule has 1 saturated heterocycles. The normalized spacial score (nSPS) is 27.1. The molecule has 0 unspecified atom stereocenters. The summed E-state index contributed by atoms with van der Waals surface area (Å²) in [4.78, 5) is 40.7. The summed E-state index contributed by atoms with van der Waals surface area (Å²) in [6.07, 6.45) is 8.68. The van der Waals surface area contributed by atoms with Gasteiger partial charge in [0.15, 0.2) is 0 Å². The van der Waals surface area contributed by atoms with Crippen LogP contribution in [-0.2, 0) is 24.5 Å². The number of likely N-dealkylation sites (tertiary alicyclic amines) is 1. The molecule has 1 aromatic carbocycles. The zero-order valence-corrected chi connectivity index (χ0v) is 24.8. The SMILES string of the molecule is CC(=O)Oc1cccc([C@@]23CCN(CC4CC4)C[C@@]2(OC(C)=O)CC[C@H](NC(=O)C=Cc2cc(Br)cs2)C3)c1. The fourth-order valence-corrected chi connectivity index (χ4v) is 7.81. The second-order valence-electron chi connectivity index (χ2n) is 11.2. The van der Waals surface area contributed by atoms with E-state index in [1.807, 2.05) is 35.7 Å². The maximum atomic E-state index is 12.9. The number of hydrogen-bond donors (Lipinski definition) is 1. The molecule has 0 bridgehead atoms. The van der Waals surface area contributed by atoms with Crippen LogP contribution in [0.15, 0.2) is 46.3 Å². The van der Waals surface area contributed by atoms with Gasteiger partial charge in [0.05, 0.1) is 0 Å². The predicted octanol–water partition coefficient (Wildman–Crippen LogP) is 5.47. The van der Waals surface area contributed by atoms with E-state index >= 15 is 0 Å². The van der Waals surface area contributed by atoms with Crippen LogP contribution in [0, 0.1) is 5.92 Å². The molecule has 39 heavy (non-hydrogen) atoms. The summed E-state index contributed by atoms with van der Waals surface area (Å²) in [5, 5.41) is 5.20. The number of hydrogen-bond acceptors (Lipinski definition) is 7. The van der Waals surface area contributed by atoms with Crippen molar-refractivity contribution in [2.75, 3.05) is 19.6 Å². The lowest BCUT2D eigenvalue weighted by molar-refractivity contribution is -0.187. The number of ether oxygens (including phenoxy) is 2. The van der Waals surface area contributed by atoms with Crippen LogP contribution < -0.4 is 10.1 Å². The lowest BCUT2D eigenvalue weighted by Crippen LogP contribution is -2.68. The van der Waals surface area contributed by atoms with Crippen LogP contribution in [0.4, 0.5) is 0 Å². The number of piperidine rings is 1. The summed E-state index contributed by atoms with van der Waals surface area (Å²) >= 11 is 5.01. The highest BCUT2D eigenvalue weighted by Gasteiger charge is 2.61. The van der Waals surface area contributed by atoms with E-state index in [-0.39, 0.29) is 23.9 Å². The number of esters is 2. The minimum absolute atomic E-state index is 0.0896. The van der Waals surface area contributed by atoms with Crippen molar-refractivity contribution >= 4 is 51.2 Å². The average Bonchev–Trinajstić information content (AvgIpc) is 3.59. The summed E-state index contributed by atoms with van der Waals surface area (Å²) in [7, 11) is 0. The van der Waals surface area contributed by atoms with E-state index in [9.17, 15) is 14.4 Å². The second kappa shape index (κ2) is 11.6. The van der Waals surface area contributed by atoms with Gasteiger partial charge in [-0.2, -0.15) is 0 Å². The molecule has 2 saturated carbocycles. The quantitative estimate of drug-likeness (QED) is 0.241. The third-order valence-corrected chi connectivity index (χ3v) is 9.89. The van der Waals surface area contributed by atoms with Crippen LogP contribution in [0.3, 0.4) is 0 Å². The van der Waals surface area contributed by atoms with E-state index in [0.29, 0.717) is 31.6 Å². The lowest BCUT2D eigenvalue weighted by Gasteiger charge is -2.59. The van der Waals surface area contributed by atoms with Crippen molar-refractivity contribution in [1.82, 2.24) is 10.2 Å². The topological polar surface area (TPSA) is 84.9 Å². The Bertz CT molecular complexity index is 1270. The van der Waals surface area contributed by atoms with Crippen molar-refractivity contribution in [3.8, 4) is 5.75 Å². The minimum Gasteiger partial charge on any atom is -0.457 e. The van der Waals surface area contributed by atoms with E-state index in [2.05, 4.69) is 26.1 Å². The molecule has 5 rings (SSSR count). The van der Waals surface area contributed by atoms with Gasteiger partial charge in [0, 0.05) is 59.2 Å². The van der Waals surface area contributed by atoms with E-state index in [4.69, 9.17) is 9.47 Å². The molecule has 0 radical (unpaired) electrons. The maximum absolute atomic E-state index is 12.9. The van der Waals surface area contributed by atoms with Crippen LogP contribution in [0.2, 0.25) is 0 Å². The number of thiophene rings is 1. The van der Waals surface area contributed by atoms with E-state index < -0.39 is 11.0 Å². The fourth-order valence-electron chi connectivity index (χ4n) is 6.48. The maximum Gasteiger partial charge on any atom is 0.308 e. The van der Waals surface area contributed by atoms with E-state index in [1.165, 1.54) is 26.7 Å².